The first kappa shape index (κ1) is 19.6. The van der Waals surface area contributed by atoms with Crippen LogP contribution in [0.5, 0.6) is 0 Å². The van der Waals surface area contributed by atoms with Gasteiger partial charge in [-0.2, -0.15) is 0 Å². The van der Waals surface area contributed by atoms with Crippen LogP contribution >= 0.6 is 11.6 Å². The lowest BCUT2D eigenvalue weighted by Gasteiger charge is -2.19. The Morgan fingerprint density at radius 2 is 1.57 bits per heavy atom. The average Bonchev–Trinajstić information content (AvgIpc) is 2.71. The zero-order valence-electron chi connectivity index (χ0n) is 14.9. The third-order valence-corrected chi connectivity index (χ3v) is 4.36. The summed E-state index contributed by atoms with van der Waals surface area (Å²) in [6.07, 6.45) is 0.264. The van der Waals surface area contributed by atoms with Crippen LogP contribution in [0.4, 0.5) is 10.1 Å². The molecule has 28 heavy (non-hydrogen) atoms. The first-order valence-corrected chi connectivity index (χ1v) is 9.06. The number of anilines is 1. The SMILES string of the molecule is O=C(NC(Cc1ccccc1)C(=O)Nc1ccc(Cl)cc1F)c1ccccc1. The van der Waals surface area contributed by atoms with Crippen LogP contribution in [0.2, 0.25) is 5.02 Å². The highest BCUT2D eigenvalue weighted by Gasteiger charge is 2.23. The number of hydrogen-bond acceptors (Lipinski definition) is 2. The van der Waals surface area contributed by atoms with Crippen molar-refractivity contribution in [1.82, 2.24) is 5.32 Å². The molecule has 4 nitrogen and oxygen atoms in total. The van der Waals surface area contributed by atoms with Crippen molar-refractivity contribution >= 4 is 29.1 Å². The van der Waals surface area contributed by atoms with Crippen molar-refractivity contribution in [1.29, 1.82) is 0 Å². The summed E-state index contributed by atoms with van der Waals surface area (Å²) in [5, 5.41) is 5.49. The Kier molecular flexibility index (Phi) is 6.40. The number of halogens is 2. The monoisotopic (exact) mass is 396 g/mol. The second-order valence-corrected chi connectivity index (χ2v) is 6.63. The number of amides is 2. The molecule has 0 aliphatic carbocycles. The zero-order valence-corrected chi connectivity index (χ0v) is 15.6. The highest BCUT2D eigenvalue weighted by atomic mass is 35.5. The second-order valence-electron chi connectivity index (χ2n) is 6.20. The van der Waals surface area contributed by atoms with E-state index in [0.717, 1.165) is 11.6 Å². The molecule has 0 bridgehead atoms. The van der Waals surface area contributed by atoms with E-state index in [1.165, 1.54) is 12.1 Å². The van der Waals surface area contributed by atoms with Crippen molar-refractivity contribution in [3.8, 4) is 0 Å². The van der Waals surface area contributed by atoms with Gasteiger partial charge >= 0.3 is 0 Å². The van der Waals surface area contributed by atoms with E-state index < -0.39 is 17.8 Å². The number of nitrogens with one attached hydrogen (secondary N) is 2. The number of benzene rings is 3. The third kappa shape index (κ3) is 5.18. The van der Waals surface area contributed by atoms with E-state index in [1.54, 1.807) is 30.3 Å². The Labute approximate surface area is 167 Å². The van der Waals surface area contributed by atoms with Crippen LogP contribution in [-0.2, 0) is 11.2 Å². The number of hydrogen-bond donors (Lipinski definition) is 2. The molecule has 2 amide bonds. The summed E-state index contributed by atoms with van der Waals surface area (Å²) >= 11 is 5.75. The molecular weight excluding hydrogens is 379 g/mol. The van der Waals surface area contributed by atoms with Crippen LogP contribution in [0.1, 0.15) is 15.9 Å². The molecule has 0 saturated heterocycles. The number of rotatable bonds is 6. The second kappa shape index (κ2) is 9.15. The topological polar surface area (TPSA) is 58.2 Å². The zero-order chi connectivity index (χ0) is 19.9. The predicted octanol–water partition coefficient (Wildman–Crippen LogP) is 4.46. The van der Waals surface area contributed by atoms with Gasteiger partial charge in [-0.1, -0.05) is 60.1 Å². The molecule has 0 spiro atoms. The maximum absolute atomic E-state index is 14.0. The summed E-state index contributed by atoms with van der Waals surface area (Å²) in [4.78, 5) is 25.3. The van der Waals surface area contributed by atoms with Gasteiger partial charge in [0.1, 0.15) is 11.9 Å². The van der Waals surface area contributed by atoms with E-state index in [9.17, 15) is 14.0 Å². The Balaban J connectivity index is 1.80. The van der Waals surface area contributed by atoms with Crippen LogP contribution in [0.3, 0.4) is 0 Å². The van der Waals surface area contributed by atoms with Crippen molar-refractivity contribution in [2.45, 2.75) is 12.5 Å². The molecule has 0 aliphatic heterocycles. The fourth-order valence-corrected chi connectivity index (χ4v) is 2.86. The van der Waals surface area contributed by atoms with E-state index in [-0.39, 0.29) is 23.0 Å². The molecule has 3 rings (SSSR count). The van der Waals surface area contributed by atoms with Crippen LogP contribution in [0.25, 0.3) is 0 Å². The van der Waals surface area contributed by atoms with Crippen molar-refractivity contribution in [2.24, 2.45) is 0 Å². The Hall–Kier alpha value is -3.18. The molecular formula is C22H18ClFN2O2. The van der Waals surface area contributed by atoms with Gasteiger partial charge in [0.25, 0.3) is 5.91 Å². The lowest BCUT2D eigenvalue weighted by molar-refractivity contribution is -0.118. The molecule has 0 saturated carbocycles. The predicted molar refractivity (Wildman–Crippen MR) is 108 cm³/mol. The molecule has 3 aromatic carbocycles. The van der Waals surface area contributed by atoms with Gasteiger partial charge in [-0.3, -0.25) is 9.59 Å². The van der Waals surface area contributed by atoms with Crippen LogP contribution in [0, 0.1) is 5.82 Å². The van der Waals surface area contributed by atoms with Crippen molar-refractivity contribution in [2.75, 3.05) is 5.32 Å². The average molecular weight is 397 g/mol. The molecule has 1 unspecified atom stereocenters. The lowest BCUT2D eigenvalue weighted by atomic mass is 10.0. The highest BCUT2D eigenvalue weighted by Crippen LogP contribution is 2.19. The van der Waals surface area contributed by atoms with E-state index in [0.29, 0.717) is 5.56 Å². The minimum atomic E-state index is -0.884. The summed E-state index contributed by atoms with van der Waals surface area (Å²) in [5.74, 6) is -1.55. The number of carbonyl (C=O) groups is 2. The van der Waals surface area contributed by atoms with E-state index in [1.807, 2.05) is 30.3 Å². The Bertz CT molecular complexity index is 965. The summed E-state index contributed by atoms with van der Waals surface area (Å²) in [5.41, 5.74) is 1.31. The summed E-state index contributed by atoms with van der Waals surface area (Å²) in [7, 11) is 0. The quantitative estimate of drug-likeness (QED) is 0.646. The maximum atomic E-state index is 14.0. The van der Waals surface area contributed by atoms with Crippen molar-refractivity contribution in [3.05, 3.63) is 101 Å². The first-order valence-electron chi connectivity index (χ1n) is 8.68. The minimum absolute atomic E-state index is 0.00132. The molecule has 3 aromatic rings. The number of carbonyl (C=O) groups excluding carboxylic acids is 2. The van der Waals surface area contributed by atoms with Crippen LogP contribution in [0.15, 0.2) is 78.9 Å². The van der Waals surface area contributed by atoms with Crippen LogP contribution in [-0.4, -0.2) is 17.9 Å². The smallest absolute Gasteiger partial charge is 0.251 e. The van der Waals surface area contributed by atoms with Crippen molar-refractivity contribution < 1.29 is 14.0 Å². The van der Waals surface area contributed by atoms with Gasteiger partial charge in [-0.15, -0.1) is 0 Å². The van der Waals surface area contributed by atoms with Gasteiger partial charge in [-0.05, 0) is 35.9 Å². The van der Waals surface area contributed by atoms with Crippen LogP contribution < -0.4 is 10.6 Å². The fraction of sp³-hybridized carbons (Fsp3) is 0.0909. The molecule has 2 N–H and O–H groups in total. The van der Waals surface area contributed by atoms with Gasteiger partial charge in [0.2, 0.25) is 5.91 Å². The molecule has 1 atom stereocenters. The van der Waals surface area contributed by atoms with E-state index in [4.69, 9.17) is 11.6 Å². The standard InChI is InChI=1S/C22H18ClFN2O2/c23-17-11-12-19(18(24)14-17)25-22(28)20(13-15-7-3-1-4-8-15)26-21(27)16-9-5-2-6-10-16/h1-12,14,20H,13H2,(H,25,28)(H,26,27). The van der Waals surface area contributed by atoms with E-state index >= 15 is 0 Å². The normalized spacial score (nSPS) is 11.5. The first-order chi connectivity index (χ1) is 13.5. The minimum Gasteiger partial charge on any atom is -0.340 e. The lowest BCUT2D eigenvalue weighted by Crippen LogP contribution is -2.45. The maximum Gasteiger partial charge on any atom is 0.251 e. The molecule has 0 heterocycles. The molecule has 0 radical (unpaired) electrons. The Morgan fingerprint density at radius 3 is 2.21 bits per heavy atom. The van der Waals surface area contributed by atoms with Gasteiger partial charge in [0.05, 0.1) is 5.69 Å². The fourth-order valence-electron chi connectivity index (χ4n) is 2.70. The van der Waals surface area contributed by atoms with Gasteiger partial charge in [0.15, 0.2) is 0 Å². The van der Waals surface area contributed by atoms with Crippen molar-refractivity contribution in [3.63, 3.8) is 0 Å². The Morgan fingerprint density at radius 1 is 0.929 bits per heavy atom. The molecule has 142 valence electrons. The highest BCUT2D eigenvalue weighted by molar-refractivity contribution is 6.30. The molecule has 6 heteroatoms. The molecule has 0 fully saturated rings. The van der Waals surface area contributed by atoms with Gasteiger partial charge in [0, 0.05) is 17.0 Å². The molecule has 0 aromatic heterocycles. The summed E-state index contributed by atoms with van der Waals surface area (Å²) in [6.45, 7) is 0. The third-order valence-electron chi connectivity index (χ3n) is 4.13. The van der Waals surface area contributed by atoms with Gasteiger partial charge < -0.3 is 10.6 Å². The van der Waals surface area contributed by atoms with Gasteiger partial charge in [-0.25, -0.2) is 4.39 Å². The summed E-state index contributed by atoms with van der Waals surface area (Å²) in [6, 6.07) is 21.0. The molecule has 0 aliphatic rings. The van der Waals surface area contributed by atoms with E-state index in [2.05, 4.69) is 10.6 Å². The largest absolute Gasteiger partial charge is 0.340 e. The summed E-state index contributed by atoms with van der Waals surface area (Å²) < 4.78 is 14.0.